The van der Waals surface area contributed by atoms with Gasteiger partial charge in [-0.2, -0.15) is 0 Å². The maximum Gasteiger partial charge on any atom is 0.134 e. The Hall–Kier alpha value is -3.57. The molecule has 1 aromatic heterocycles. The number of hydrogen-bond acceptors (Lipinski definition) is 4. The van der Waals surface area contributed by atoms with Gasteiger partial charge in [-0.1, -0.05) is 42.5 Å². The summed E-state index contributed by atoms with van der Waals surface area (Å²) in [5.41, 5.74) is 5.48. The fourth-order valence-corrected chi connectivity index (χ4v) is 3.30. The first kappa shape index (κ1) is 18.8. The molecule has 4 aromatic rings. The Kier molecular flexibility index (Phi) is 5.59. The molecule has 0 spiro atoms. The average molecular weight is 385 g/mol. The van der Waals surface area contributed by atoms with E-state index < -0.39 is 0 Å². The van der Waals surface area contributed by atoms with Crippen LogP contribution in [0.2, 0.25) is 0 Å². The van der Waals surface area contributed by atoms with E-state index in [1.165, 1.54) is 0 Å². The number of aliphatic hydroxyl groups is 1. The summed E-state index contributed by atoms with van der Waals surface area (Å²) in [6.45, 7) is 0.622. The maximum atomic E-state index is 9.36. The first-order chi connectivity index (χ1) is 14.3. The molecular formula is C24H23N3O2. The smallest absolute Gasteiger partial charge is 0.134 e. The number of nitrogens with zero attached hydrogens (tertiary/aromatic N) is 2. The molecule has 2 N–H and O–H groups in total. The van der Waals surface area contributed by atoms with Gasteiger partial charge in [0.1, 0.15) is 18.2 Å². The average Bonchev–Trinajstić information content (AvgIpc) is 3.22. The van der Waals surface area contributed by atoms with E-state index in [0.717, 1.165) is 33.8 Å². The molecule has 4 rings (SSSR count). The molecular weight excluding hydrogens is 362 g/mol. The number of methoxy groups -OCH3 is 1. The van der Waals surface area contributed by atoms with Gasteiger partial charge in [-0.05, 0) is 41.5 Å². The number of aromatic nitrogens is 2. The zero-order valence-electron chi connectivity index (χ0n) is 16.2. The lowest BCUT2D eigenvalue weighted by atomic mass is 10.0. The molecule has 0 saturated carbocycles. The summed E-state index contributed by atoms with van der Waals surface area (Å²) < 4.78 is 7.18. The van der Waals surface area contributed by atoms with Crippen LogP contribution in [-0.2, 0) is 13.2 Å². The normalized spacial score (nSPS) is 10.7. The Morgan fingerprint density at radius 3 is 2.45 bits per heavy atom. The van der Waals surface area contributed by atoms with E-state index in [-0.39, 0.29) is 6.61 Å². The van der Waals surface area contributed by atoms with Gasteiger partial charge in [0.05, 0.1) is 7.11 Å². The second-order valence-corrected chi connectivity index (χ2v) is 6.73. The van der Waals surface area contributed by atoms with Crippen LogP contribution in [0.5, 0.6) is 5.75 Å². The molecule has 0 aliphatic rings. The summed E-state index contributed by atoms with van der Waals surface area (Å²) in [6, 6.07) is 24.6. The van der Waals surface area contributed by atoms with E-state index >= 15 is 0 Å². The van der Waals surface area contributed by atoms with E-state index in [9.17, 15) is 5.11 Å². The first-order valence-corrected chi connectivity index (χ1v) is 9.47. The minimum Gasteiger partial charge on any atom is -0.497 e. The van der Waals surface area contributed by atoms with Crippen molar-refractivity contribution in [3.63, 3.8) is 0 Å². The highest BCUT2D eigenvalue weighted by Crippen LogP contribution is 2.31. The zero-order valence-corrected chi connectivity index (χ0v) is 16.2. The number of hydrogen-bond donors (Lipinski definition) is 2. The van der Waals surface area contributed by atoms with E-state index in [1.807, 2.05) is 47.2 Å². The summed E-state index contributed by atoms with van der Waals surface area (Å²) in [4.78, 5) is 4.16. The minimum atomic E-state index is -0.0600. The van der Waals surface area contributed by atoms with Crippen LogP contribution in [-0.4, -0.2) is 21.8 Å². The predicted molar refractivity (Wildman–Crippen MR) is 115 cm³/mol. The molecule has 0 fully saturated rings. The van der Waals surface area contributed by atoms with E-state index in [4.69, 9.17) is 4.74 Å². The minimum absolute atomic E-state index is 0.0600. The van der Waals surface area contributed by atoms with Crippen LogP contribution in [0.3, 0.4) is 0 Å². The van der Waals surface area contributed by atoms with Crippen LogP contribution in [0, 0.1) is 0 Å². The molecule has 0 amide bonds. The maximum absolute atomic E-state index is 9.36. The second-order valence-electron chi connectivity index (χ2n) is 6.73. The largest absolute Gasteiger partial charge is 0.497 e. The molecule has 0 aliphatic heterocycles. The number of imidazole rings is 1. The fraction of sp³-hybridized carbons (Fsp3) is 0.125. The summed E-state index contributed by atoms with van der Waals surface area (Å²) in [6.07, 6.45) is 3.59. The molecule has 0 unspecified atom stereocenters. The third-order valence-corrected chi connectivity index (χ3v) is 4.86. The molecule has 0 bridgehead atoms. The number of ether oxygens (including phenoxy) is 1. The lowest BCUT2D eigenvalue weighted by molar-refractivity contribution is 0.266. The Balaban J connectivity index is 1.55. The molecule has 1 heterocycles. The number of aliphatic hydroxyl groups excluding tert-OH is 1. The van der Waals surface area contributed by atoms with Gasteiger partial charge >= 0.3 is 0 Å². The Bertz CT molecular complexity index is 1070. The van der Waals surface area contributed by atoms with Gasteiger partial charge in [0, 0.05) is 35.9 Å². The Labute approximate surface area is 170 Å². The SMILES string of the molecule is COc1ccc(Nc2ccccc2-c2ccc(Cn3ccnc3CO)cc2)cc1. The van der Waals surface area contributed by atoms with Gasteiger partial charge in [0.2, 0.25) is 0 Å². The van der Waals surface area contributed by atoms with Crippen LogP contribution in [0.1, 0.15) is 11.4 Å². The quantitative estimate of drug-likeness (QED) is 0.478. The molecule has 3 aromatic carbocycles. The van der Waals surface area contributed by atoms with Crippen LogP contribution in [0.4, 0.5) is 11.4 Å². The molecule has 0 aliphatic carbocycles. The number of rotatable bonds is 7. The summed E-state index contributed by atoms with van der Waals surface area (Å²) in [7, 11) is 1.67. The highest BCUT2D eigenvalue weighted by molar-refractivity contribution is 5.81. The first-order valence-electron chi connectivity index (χ1n) is 9.47. The van der Waals surface area contributed by atoms with Crippen molar-refractivity contribution in [3.05, 3.63) is 96.6 Å². The van der Waals surface area contributed by atoms with Crippen molar-refractivity contribution in [1.82, 2.24) is 9.55 Å². The van der Waals surface area contributed by atoms with Crippen molar-refractivity contribution < 1.29 is 9.84 Å². The van der Waals surface area contributed by atoms with Crippen LogP contribution < -0.4 is 10.1 Å². The summed E-state index contributed by atoms with van der Waals surface area (Å²) >= 11 is 0. The van der Waals surface area contributed by atoms with Crippen LogP contribution in [0.15, 0.2) is 85.2 Å². The third-order valence-electron chi connectivity index (χ3n) is 4.86. The Morgan fingerprint density at radius 1 is 0.966 bits per heavy atom. The number of nitrogens with one attached hydrogen (secondary N) is 1. The zero-order chi connectivity index (χ0) is 20.1. The van der Waals surface area contributed by atoms with Crippen LogP contribution >= 0.6 is 0 Å². The second kappa shape index (κ2) is 8.63. The topological polar surface area (TPSA) is 59.3 Å². The monoisotopic (exact) mass is 385 g/mol. The molecule has 146 valence electrons. The lowest BCUT2D eigenvalue weighted by Crippen LogP contribution is -2.04. The van der Waals surface area contributed by atoms with Gasteiger partial charge in [0.25, 0.3) is 0 Å². The molecule has 29 heavy (non-hydrogen) atoms. The molecule has 5 heteroatoms. The van der Waals surface area contributed by atoms with E-state index in [0.29, 0.717) is 12.4 Å². The lowest BCUT2D eigenvalue weighted by Gasteiger charge is -2.13. The number of para-hydroxylation sites is 1. The highest BCUT2D eigenvalue weighted by atomic mass is 16.5. The van der Waals surface area contributed by atoms with Gasteiger partial charge in [-0.25, -0.2) is 4.98 Å². The highest BCUT2D eigenvalue weighted by Gasteiger charge is 2.07. The van der Waals surface area contributed by atoms with E-state index in [1.54, 1.807) is 13.3 Å². The van der Waals surface area contributed by atoms with Crippen molar-refractivity contribution in [2.24, 2.45) is 0 Å². The summed E-state index contributed by atoms with van der Waals surface area (Å²) in [5.74, 6) is 1.50. The van der Waals surface area contributed by atoms with Gasteiger partial charge in [-0.3, -0.25) is 0 Å². The Morgan fingerprint density at radius 2 is 1.72 bits per heavy atom. The molecule has 0 atom stereocenters. The standard InChI is InChI=1S/C24H23N3O2/c1-29-21-12-10-20(11-13-21)26-23-5-3-2-4-22(23)19-8-6-18(7-9-19)16-27-15-14-25-24(27)17-28/h2-15,26,28H,16-17H2,1H3. The van der Waals surface area contributed by atoms with Crippen molar-refractivity contribution in [1.29, 1.82) is 0 Å². The van der Waals surface area contributed by atoms with Gasteiger partial charge in [0.15, 0.2) is 0 Å². The fourth-order valence-electron chi connectivity index (χ4n) is 3.30. The molecule has 0 saturated heterocycles. The molecule has 0 radical (unpaired) electrons. The van der Waals surface area contributed by atoms with Gasteiger partial charge in [-0.15, -0.1) is 0 Å². The predicted octanol–water partition coefficient (Wildman–Crippen LogP) is 4.84. The number of benzene rings is 3. The van der Waals surface area contributed by atoms with Gasteiger partial charge < -0.3 is 19.7 Å². The molecule has 5 nitrogen and oxygen atoms in total. The summed E-state index contributed by atoms with van der Waals surface area (Å²) in [5, 5.41) is 12.9. The van der Waals surface area contributed by atoms with Crippen molar-refractivity contribution in [2.45, 2.75) is 13.2 Å². The van der Waals surface area contributed by atoms with Crippen molar-refractivity contribution >= 4 is 11.4 Å². The van der Waals surface area contributed by atoms with E-state index in [2.05, 4.69) is 46.7 Å². The van der Waals surface area contributed by atoms with Crippen LogP contribution in [0.25, 0.3) is 11.1 Å². The third kappa shape index (κ3) is 4.31. The van der Waals surface area contributed by atoms with Crippen molar-refractivity contribution in [2.75, 3.05) is 12.4 Å². The van der Waals surface area contributed by atoms with Crippen molar-refractivity contribution in [3.8, 4) is 16.9 Å². The number of anilines is 2.